The number of aryl methyl sites for hydroxylation is 2. The van der Waals surface area contributed by atoms with Gasteiger partial charge >= 0.3 is 0 Å². The average Bonchev–Trinajstić information content (AvgIpc) is 2.93. The van der Waals surface area contributed by atoms with Crippen LogP contribution in [0.5, 0.6) is 0 Å². The van der Waals surface area contributed by atoms with Crippen molar-refractivity contribution in [3.63, 3.8) is 0 Å². The lowest BCUT2D eigenvalue weighted by molar-refractivity contribution is 0.456. The molecule has 1 aromatic carbocycles. The minimum Gasteiger partial charge on any atom is -0.310 e. The number of nitrogens with one attached hydrogen (secondary N) is 1. The minimum absolute atomic E-state index is 0.609. The zero-order valence-electron chi connectivity index (χ0n) is 11.4. The van der Waals surface area contributed by atoms with Crippen molar-refractivity contribution in [2.45, 2.75) is 39.2 Å². The van der Waals surface area contributed by atoms with Gasteiger partial charge in [0.2, 0.25) is 0 Å². The molecule has 1 N–H and O–H groups in total. The van der Waals surface area contributed by atoms with Gasteiger partial charge in [0.25, 0.3) is 0 Å². The second-order valence-electron chi connectivity index (χ2n) is 6.01. The maximum atomic E-state index is 3.68. The van der Waals surface area contributed by atoms with Crippen LogP contribution in [0.25, 0.3) is 6.08 Å². The summed E-state index contributed by atoms with van der Waals surface area (Å²) >= 11 is 0. The molecular weight excluding hydrogens is 218 g/mol. The monoisotopic (exact) mass is 241 g/mol. The zero-order valence-corrected chi connectivity index (χ0v) is 11.4. The number of fused-ring (bicyclic) bond motifs is 1. The molecule has 3 rings (SSSR count). The van der Waals surface area contributed by atoms with Crippen molar-refractivity contribution < 1.29 is 0 Å². The smallest absolute Gasteiger partial charge is 0.0284 e. The molecule has 1 saturated heterocycles. The Bertz CT molecular complexity index is 461. The van der Waals surface area contributed by atoms with Gasteiger partial charge in [0, 0.05) is 6.04 Å². The van der Waals surface area contributed by atoms with Crippen LogP contribution < -0.4 is 5.32 Å². The van der Waals surface area contributed by atoms with Crippen molar-refractivity contribution in [1.29, 1.82) is 0 Å². The van der Waals surface area contributed by atoms with Crippen LogP contribution in [0, 0.1) is 25.7 Å². The molecule has 0 amide bonds. The predicted molar refractivity (Wildman–Crippen MR) is 77.6 cm³/mol. The Morgan fingerprint density at radius 2 is 2.11 bits per heavy atom. The summed E-state index contributed by atoms with van der Waals surface area (Å²) in [6, 6.07) is 7.30. The largest absolute Gasteiger partial charge is 0.310 e. The van der Waals surface area contributed by atoms with Crippen molar-refractivity contribution in [2.24, 2.45) is 11.8 Å². The SMILES string of the molecule is Cc1ccc(C)c(/C=C/C2NCC3CCCC32)c1. The summed E-state index contributed by atoms with van der Waals surface area (Å²) in [7, 11) is 0. The first kappa shape index (κ1) is 12.0. The maximum Gasteiger partial charge on any atom is 0.0284 e. The molecular formula is C17H23N. The van der Waals surface area contributed by atoms with Crippen molar-refractivity contribution >= 4 is 6.08 Å². The molecule has 1 heterocycles. The van der Waals surface area contributed by atoms with Crippen molar-refractivity contribution in [3.05, 3.63) is 41.0 Å². The Hall–Kier alpha value is -1.08. The standard InChI is InChI=1S/C17H23N/c1-12-6-7-13(2)14(10-12)8-9-17-16-5-3-4-15(16)11-18-17/h6-10,15-18H,3-5,11H2,1-2H3/b9-8+. The van der Waals surface area contributed by atoms with E-state index >= 15 is 0 Å². The molecule has 1 aromatic rings. The zero-order chi connectivity index (χ0) is 12.5. The second kappa shape index (κ2) is 4.89. The van der Waals surface area contributed by atoms with Crippen LogP contribution in [0.3, 0.4) is 0 Å². The van der Waals surface area contributed by atoms with Gasteiger partial charge in [-0.25, -0.2) is 0 Å². The summed E-state index contributed by atoms with van der Waals surface area (Å²) in [6.45, 7) is 5.59. The van der Waals surface area contributed by atoms with E-state index in [1.165, 1.54) is 42.5 Å². The third-order valence-electron chi connectivity index (χ3n) is 4.71. The lowest BCUT2D eigenvalue weighted by Gasteiger charge is -2.14. The van der Waals surface area contributed by atoms with E-state index in [-0.39, 0.29) is 0 Å². The maximum absolute atomic E-state index is 3.68. The fourth-order valence-corrected chi connectivity index (χ4v) is 3.59. The predicted octanol–water partition coefficient (Wildman–Crippen LogP) is 3.70. The van der Waals surface area contributed by atoms with Crippen LogP contribution in [-0.4, -0.2) is 12.6 Å². The van der Waals surface area contributed by atoms with Crippen LogP contribution in [0.1, 0.15) is 36.0 Å². The van der Waals surface area contributed by atoms with Gasteiger partial charge in [0.05, 0.1) is 0 Å². The first-order valence-corrected chi connectivity index (χ1v) is 7.23. The molecule has 96 valence electrons. The van der Waals surface area contributed by atoms with E-state index < -0.39 is 0 Å². The van der Waals surface area contributed by atoms with Gasteiger partial charge in [-0.05, 0) is 56.2 Å². The summed E-state index contributed by atoms with van der Waals surface area (Å²) in [5.41, 5.74) is 4.09. The lowest BCUT2D eigenvalue weighted by atomic mass is 9.93. The van der Waals surface area contributed by atoms with Gasteiger partial charge in [0.15, 0.2) is 0 Å². The Morgan fingerprint density at radius 3 is 3.00 bits per heavy atom. The van der Waals surface area contributed by atoms with E-state index in [2.05, 4.69) is 49.5 Å². The highest BCUT2D eigenvalue weighted by atomic mass is 15.0. The fraction of sp³-hybridized carbons (Fsp3) is 0.529. The fourth-order valence-electron chi connectivity index (χ4n) is 3.59. The Balaban J connectivity index is 1.75. The highest BCUT2D eigenvalue weighted by Crippen LogP contribution is 2.38. The van der Waals surface area contributed by atoms with Gasteiger partial charge in [-0.2, -0.15) is 0 Å². The van der Waals surface area contributed by atoms with E-state index in [1.54, 1.807) is 0 Å². The molecule has 18 heavy (non-hydrogen) atoms. The van der Waals surface area contributed by atoms with Crippen LogP contribution in [0.15, 0.2) is 24.3 Å². The van der Waals surface area contributed by atoms with Gasteiger partial charge in [-0.3, -0.25) is 0 Å². The van der Waals surface area contributed by atoms with Gasteiger partial charge in [-0.15, -0.1) is 0 Å². The minimum atomic E-state index is 0.609. The van der Waals surface area contributed by atoms with Crippen LogP contribution in [0.4, 0.5) is 0 Å². The molecule has 2 fully saturated rings. The molecule has 0 bridgehead atoms. The first-order valence-electron chi connectivity index (χ1n) is 7.23. The summed E-state index contributed by atoms with van der Waals surface area (Å²) in [5.74, 6) is 1.84. The number of hydrogen-bond acceptors (Lipinski definition) is 1. The number of rotatable bonds is 2. The topological polar surface area (TPSA) is 12.0 Å². The molecule has 2 aliphatic rings. The molecule has 0 aromatic heterocycles. The molecule has 1 heteroatoms. The molecule has 0 spiro atoms. The third-order valence-corrected chi connectivity index (χ3v) is 4.71. The normalized spacial score (nSPS) is 31.1. The Morgan fingerprint density at radius 1 is 1.22 bits per heavy atom. The summed E-state index contributed by atoms with van der Waals surface area (Å²) < 4.78 is 0. The highest BCUT2D eigenvalue weighted by molar-refractivity contribution is 5.55. The molecule has 3 atom stereocenters. The quantitative estimate of drug-likeness (QED) is 0.832. The first-order chi connectivity index (χ1) is 8.74. The van der Waals surface area contributed by atoms with E-state index in [0.717, 1.165) is 11.8 Å². The highest BCUT2D eigenvalue weighted by Gasteiger charge is 2.37. The van der Waals surface area contributed by atoms with Gasteiger partial charge < -0.3 is 5.32 Å². The van der Waals surface area contributed by atoms with Crippen LogP contribution in [-0.2, 0) is 0 Å². The molecule has 1 saturated carbocycles. The van der Waals surface area contributed by atoms with Gasteiger partial charge in [-0.1, -0.05) is 42.3 Å². The Kier molecular flexibility index (Phi) is 3.25. The number of benzene rings is 1. The van der Waals surface area contributed by atoms with Crippen LogP contribution in [0.2, 0.25) is 0 Å². The molecule has 1 aliphatic carbocycles. The van der Waals surface area contributed by atoms with E-state index in [9.17, 15) is 0 Å². The summed E-state index contributed by atoms with van der Waals surface area (Å²) in [6.07, 6.45) is 9.01. The van der Waals surface area contributed by atoms with Crippen molar-refractivity contribution in [1.82, 2.24) is 5.32 Å². The molecule has 3 unspecified atom stereocenters. The van der Waals surface area contributed by atoms with E-state index in [0.29, 0.717) is 6.04 Å². The molecule has 1 nitrogen and oxygen atoms in total. The second-order valence-corrected chi connectivity index (χ2v) is 6.01. The van der Waals surface area contributed by atoms with Crippen LogP contribution >= 0.6 is 0 Å². The lowest BCUT2D eigenvalue weighted by Crippen LogP contribution is -2.23. The van der Waals surface area contributed by atoms with Crippen molar-refractivity contribution in [2.75, 3.05) is 6.54 Å². The van der Waals surface area contributed by atoms with Crippen molar-refractivity contribution in [3.8, 4) is 0 Å². The Labute approximate surface area is 110 Å². The molecule has 0 radical (unpaired) electrons. The number of hydrogen-bond donors (Lipinski definition) is 1. The molecule has 1 aliphatic heterocycles. The summed E-state index contributed by atoms with van der Waals surface area (Å²) in [4.78, 5) is 0. The summed E-state index contributed by atoms with van der Waals surface area (Å²) in [5, 5.41) is 3.68. The van der Waals surface area contributed by atoms with Gasteiger partial charge in [0.1, 0.15) is 0 Å². The van der Waals surface area contributed by atoms with E-state index in [1.807, 2.05) is 0 Å². The third kappa shape index (κ3) is 2.24. The average molecular weight is 241 g/mol. The van der Waals surface area contributed by atoms with E-state index in [4.69, 9.17) is 0 Å².